The van der Waals surface area contributed by atoms with E-state index in [2.05, 4.69) is 4.98 Å². The Morgan fingerprint density at radius 2 is 1.63 bits per heavy atom. The largest absolute Gasteiger partial charge is 0.495 e. The van der Waals surface area contributed by atoms with Crippen LogP contribution in [0.15, 0.2) is 47.7 Å². The van der Waals surface area contributed by atoms with Crippen molar-refractivity contribution in [2.75, 3.05) is 7.11 Å². The molecule has 0 bridgehead atoms. The van der Waals surface area contributed by atoms with E-state index < -0.39 is 17.5 Å². The first kappa shape index (κ1) is 18.8. The standard InChI is InChI=1S/C20H16F3NO3/c1-3-12-15(19(26)14-7-5-4-6-13(14)18(12)25)8-11-9-16(20(21,22)23)17(27-2)10-24-11/h4-7,9-10H,3,8H2,1-2H3. The number of Topliss-reactive ketones (excluding diaryl/α,β-unsaturated/α-hetero) is 2. The zero-order chi connectivity index (χ0) is 19.8. The Morgan fingerprint density at radius 3 is 2.15 bits per heavy atom. The van der Waals surface area contributed by atoms with Gasteiger partial charge in [0.15, 0.2) is 11.6 Å². The molecule has 0 fully saturated rings. The lowest BCUT2D eigenvalue weighted by molar-refractivity contribution is -0.138. The molecule has 1 aromatic heterocycles. The maximum Gasteiger partial charge on any atom is 0.420 e. The number of ether oxygens (including phenoxy) is 1. The second-order valence-corrected chi connectivity index (χ2v) is 6.06. The Bertz CT molecular complexity index is 961. The Labute approximate surface area is 153 Å². The number of fused-ring (bicyclic) bond motifs is 1. The molecule has 0 N–H and O–H groups in total. The van der Waals surface area contributed by atoms with E-state index in [1.54, 1.807) is 31.2 Å². The summed E-state index contributed by atoms with van der Waals surface area (Å²) in [4.78, 5) is 29.5. The van der Waals surface area contributed by atoms with Gasteiger partial charge in [0, 0.05) is 34.4 Å². The van der Waals surface area contributed by atoms with Crippen LogP contribution in [0.2, 0.25) is 0 Å². The smallest absolute Gasteiger partial charge is 0.420 e. The summed E-state index contributed by atoms with van der Waals surface area (Å²) in [5.41, 5.74) is 0.158. The molecule has 1 aliphatic rings. The maximum absolute atomic E-state index is 13.2. The van der Waals surface area contributed by atoms with E-state index in [4.69, 9.17) is 4.74 Å². The van der Waals surface area contributed by atoms with Gasteiger partial charge in [-0.05, 0) is 12.5 Å². The van der Waals surface area contributed by atoms with Crippen molar-refractivity contribution in [3.05, 3.63) is 70.1 Å². The van der Waals surface area contributed by atoms with Crippen LogP contribution < -0.4 is 4.74 Å². The van der Waals surface area contributed by atoms with Gasteiger partial charge in [0.25, 0.3) is 0 Å². The minimum Gasteiger partial charge on any atom is -0.495 e. The maximum atomic E-state index is 13.2. The van der Waals surface area contributed by atoms with E-state index in [9.17, 15) is 22.8 Å². The minimum atomic E-state index is -4.62. The number of hydrogen-bond acceptors (Lipinski definition) is 4. The molecule has 1 aromatic carbocycles. The number of carbonyl (C=O) groups is 2. The van der Waals surface area contributed by atoms with Gasteiger partial charge >= 0.3 is 6.18 Å². The SMILES string of the molecule is CCC1=C(Cc2cc(C(F)(F)F)c(OC)cn2)C(=O)c2ccccc2C1=O. The van der Waals surface area contributed by atoms with Gasteiger partial charge in [-0.3, -0.25) is 14.6 Å². The van der Waals surface area contributed by atoms with Crippen LogP contribution in [0.3, 0.4) is 0 Å². The Morgan fingerprint density at radius 1 is 1.04 bits per heavy atom. The Hall–Kier alpha value is -2.96. The fourth-order valence-electron chi connectivity index (χ4n) is 3.19. The lowest BCUT2D eigenvalue weighted by atomic mass is 9.81. The van der Waals surface area contributed by atoms with Crippen LogP contribution in [0.4, 0.5) is 13.2 Å². The summed E-state index contributed by atoms with van der Waals surface area (Å²) in [6.45, 7) is 1.73. The molecular weight excluding hydrogens is 359 g/mol. The van der Waals surface area contributed by atoms with Crippen molar-refractivity contribution < 1.29 is 27.5 Å². The van der Waals surface area contributed by atoms with Gasteiger partial charge in [0.2, 0.25) is 0 Å². The molecule has 4 nitrogen and oxygen atoms in total. The van der Waals surface area contributed by atoms with Crippen molar-refractivity contribution in [3.8, 4) is 5.75 Å². The van der Waals surface area contributed by atoms with E-state index in [0.29, 0.717) is 17.6 Å². The third-order valence-electron chi connectivity index (χ3n) is 4.49. The number of halogens is 3. The van der Waals surface area contributed by atoms with Gasteiger partial charge in [-0.25, -0.2) is 0 Å². The van der Waals surface area contributed by atoms with Crippen LogP contribution in [0, 0.1) is 0 Å². The molecule has 1 aliphatic carbocycles. The van der Waals surface area contributed by atoms with Gasteiger partial charge in [0.1, 0.15) is 11.3 Å². The van der Waals surface area contributed by atoms with Crippen LogP contribution >= 0.6 is 0 Å². The van der Waals surface area contributed by atoms with Crippen LogP contribution in [-0.2, 0) is 12.6 Å². The first-order chi connectivity index (χ1) is 12.8. The average Bonchev–Trinajstić information content (AvgIpc) is 2.65. The van der Waals surface area contributed by atoms with E-state index in [0.717, 1.165) is 19.4 Å². The molecule has 0 aliphatic heterocycles. The van der Waals surface area contributed by atoms with E-state index in [1.165, 1.54) is 0 Å². The van der Waals surface area contributed by atoms with Gasteiger partial charge in [-0.15, -0.1) is 0 Å². The summed E-state index contributed by atoms with van der Waals surface area (Å²) in [6, 6.07) is 7.30. The fraction of sp³-hybridized carbons (Fsp3) is 0.250. The minimum absolute atomic E-state index is 0.0459. The first-order valence-electron chi connectivity index (χ1n) is 8.28. The van der Waals surface area contributed by atoms with Crippen molar-refractivity contribution in [1.82, 2.24) is 4.98 Å². The zero-order valence-electron chi connectivity index (χ0n) is 14.7. The summed E-state index contributed by atoms with van der Waals surface area (Å²) < 4.78 is 44.4. The molecule has 0 saturated carbocycles. The summed E-state index contributed by atoms with van der Waals surface area (Å²) in [5, 5.41) is 0. The average molecular weight is 375 g/mol. The molecular formula is C20H16F3NO3. The summed E-state index contributed by atoms with van der Waals surface area (Å²) in [7, 11) is 1.13. The Kier molecular flexibility index (Phi) is 4.87. The van der Waals surface area contributed by atoms with Crippen molar-refractivity contribution >= 4 is 11.6 Å². The van der Waals surface area contributed by atoms with E-state index in [1.807, 2.05) is 0 Å². The molecule has 0 atom stereocenters. The molecule has 0 unspecified atom stereocenters. The first-order valence-corrected chi connectivity index (χ1v) is 8.28. The van der Waals surface area contributed by atoms with Crippen molar-refractivity contribution in [3.63, 3.8) is 0 Å². The third-order valence-corrected chi connectivity index (χ3v) is 4.49. The lowest BCUT2D eigenvalue weighted by Crippen LogP contribution is -2.23. The number of hydrogen-bond donors (Lipinski definition) is 0. The number of methoxy groups -OCH3 is 1. The lowest BCUT2D eigenvalue weighted by Gasteiger charge is -2.20. The molecule has 27 heavy (non-hydrogen) atoms. The quantitative estimate of drug-likeness (QED) is 0.793. The fourth-order valence-corrected chi connectivity index (χ4v) is 3.19. The molecule has 7 heteroatoms. The Balaban J connectivity index is 2.07. The third kappa shape index (κ3) is 3.37. The monoisotopic (exact) mass is 375 g/mol. The molecule has 140 valence electrons. The highest BCUT2D eigenvalue weighted by Crippen LogP contribution is 2.37. The highest BCUT2D eigenvalue weighted by molar-refractivity contribution is 6.27. The molecule has 1 heterocycles. The molecule has 0 saturated heterocycles. The van der Waals surface area contributed by atoms with Gasteiger partial charge < -0.3 is 4.74 Å². The summed E-state index contributed by atoms with van der Waals surface area (Å²) >= 11 is 0. The molecule has 0 radical (unpaired) electrons. The van der Waals surface area contributed by atoms with Crippen molar-refractivity contribution in [2.24, 2.45) is 0 Å². The normalized spacial score (nSPS) is 14.4. The summed E-state index contributed by atoms with van der Waals surface area (Å²) in [6.07, 6.45) is -3.50. The van der Waals surface area contributed by atoms with E-state index in [-0.39, 0.29) is 34.8 Å². The number of nitrogens with zero attached hydrogens (tertiary/aromatic N) is 1. The predicted molar refractivity (Wildman–Crippen MR) is 91.9 cm³/mol. The molecule has 2 aromatic rings. The van der Waals surface area contributed by atoms with Crippen LogP contribution in [-0.4, -0.2) is 23.7 Å². The number of alkyl halides is 3. The number of rotatable bonds is 4. The van der Waals surface area contributed by atoms with Crippen LogP contribution in [0.1, 0.15) is 45.3 Å². The zero-order valence-corrected chi connectivity index (χ0v) is 14.7. The predicted octanol–water partition coefficient (Wildman–Crippen LogP) is 4.44. The number of aromatic nitrogens is 1. The van der Waals surface area contributed by atoms with Crippen molar-refractivity contribution in [1.29, 1.82) is 0 Å². The van der Waals surface area contributed by atoms with E-state index >= 15 is 0 Å². The van der Waals surface area contributed by atoms with Gasteiger partial charge in [-0.1, -0.05) is 31.2 Å². The van der Waals surface area contributed by atoms with Crippen molar-refractivity contribution in [2.45, 2.75) is 25.9 Å². The topological polar surface area (TPSA) is 56.3 Å². The number of carbonyl (C=O) groups excluding carboxylic acids is 2. The van der Waals surface area contributed by atoms with Crippen LogP contribution in [0.5, 0.6) is 5.75 Å². The molecule has 0 spiro atoms. The van der Waals surface area contributed by atoms with Gasteiger partial charge in [0.05, 0.1) is 13.3 Å². The number of ketones is 2. The highest BCUT2D eigenvalue weighted by atomic mass is 19.4. The highest BCUT2D eigenvalue weighted by Gasteiger charge is 2.36. The second-order valence-electron chi connectivity index (χ2n) is 6.06. The number of pyridine rings is 1. The molecule has 3 rings (SSSR count). The van der Waals surface area contributed by atoms with Crippen LogP contribution in [0.25, 0.3) is 0 Å². The summed E-state index contributed by atoms with van der Waals surface area (Å²) in [5.74, 6) is -1.02. The number of allylic oxidation sites excluding steroid dienone is 2. The number of benzene rings is 1. The second kappa shape index (κ2) is 6.98. The van der Waals surface area contributed by atoms with Gasteiger partial charge in [-0.2, -0.15) is 13.2 Å². The molecule has 0 amide bonds.